The number of anilines is 1. The van der Waals surface area contributed by atoms with E-state index in [1.807, 2.05) is 0 Å². The number of halogens is 3. The van der Waals surface area contributed by atoms with Crippen LogP contribution in [0.2, 0.25) is 0 Å². The number of hydrogen-bond acceptors (Lipinski definition) is 5. The van der Waals surface area contributed by atoms with E-state index in [1.165, 1.54) is 33.9 Å². The van der Waals surface area contributed by atoms with Crippen LogP contribution < -0.4 is 10.9 Å². The maximum absolute atomic E-state index is 12.4. The van der Waals surface area contributed by atoms with E-state index in [2.05, 4.69) is 15.4 Å². The lowest BCUT2D eigenvalue weighted by atomic mass is 10.3. The van der Waals surface area contributed by atoms with E-state index in [1.54, 1.807) is 19.2 Å². The number of hydrogen-bond donors (Lipinski definition) is 1. The van der Waals surface area contributed by atoms with Gasteiger partial charge in [0.2, 0.25) is 5.91 Å². The number of nitrogens with one attached hydrogen (secondary N) is 1. The molecule has 28 heavy (non-hydrogen) atoms. The van der Waals surface area contributed by atoms with Crippen LogP contribution in [-0.2, 0) is 18.4 Å². The van der Waals surface area contributed by atoms with Crippen molar-refractivity contribution < 1.29 is 18.0 Å². The lowest BCUT2D eigenvalue weighted by Crippen LogP contribution is -2.23. The topological polar surface area (TPSA) is 81.8 Å². The fourth-order valence-electron chi connectivity index (χ4n) is 2.52. The first-order chi connectivity index (χ1) is 13.2. The highest BCUT2D eigenvalue weighted by Crippen LogP contribution is 2.32. The summed E-state index contributed by atoms with van der Waals surface area (Å²) in [6.07, 6.45) is -1.59. The van der Waals surface area contributed by atoms with Gasteiger partial charge in [0, 0.05) is 24.9 Å². The second-order valence-corrected chi connectivity index (χ2v) is 6.96. The minimum Gasteiger partial charge on any atom is -0.325 e. The molecular weight excluding hydrogens is 395 g/mol. The van der Waals surface area contributed by atoms with Crippen molar-refractivity contribution in [2.24, 2.45) is 7.05 Å². The highest BCUT2D eigenvalue weighted by molar-refractivity contribution is 7.99. The number of amides is 1. The van der Waals surface area contributed by atoms with Crippen LogP contribution >= 0.6 is 11.8 Å². The lowest BCUT2D eigenvalue weighted by molar-refractivity contribution is -0.116. The quantitative estimate of drug-likeness (QED) is 0.631. The molecule has 0 radical (unpaired) electrons. The number of benzene rings is 1. The van der Waals surface area contributed by atoms with Crippen LogP contribution in [0.15, 0.2) is 46.5 Å². The molecule has 0 atom stereocenters. The Balaban J connectivity index is 1.65. The van der Waals surface area contributed by atoms with Gasteiger partial charge in [-0.2, -0.15) is 18.3 Å². The maximum Gasteiger partial charge on any atom is 0.398 e. The van der Waals surface area contributed by atoms with E-state index in [0.29, 0.717) is 33.4 Å². The number of alkyl halides is 3. The Bertz CT molecular complexity index is 1060. The molecule has 0 saturated heterocycles. The van der Waals surface area contributed by atoms with Gasteiger partial charge in [-0.1, -0.05) is 12.1 Å². The maximum atomic E-state index is 12.4. The standard InChI is InChI=1S/C17H16F3N5O2S/c1-24-15-11(8-22-24)16(27)25(10-21-15)7-6-14(26)23-12-4-2-3-5-13(12)28-9-17(18,19)20/h2-5,8,10H,6-7,9H2,1H3,(H,23,26). The number of nitrogens with zero attached hydrogens (tertiary/aromatic N) is 4. The third-order valence-corrected chi connectivity index (χ3v) is 4.99. The van der Waals surface area contributed by atoms with Gasteiger partial charge in [-0.15, -0.1) is 11.8 Å². The second-order valence-electron chi connectivity index (χ2n) is 5.95. The summed E-state index contributed by atoms with van der Waals surface area (Å²) >= 11 is 0.602. The third kappa shape index (κ3) is 4.71. The predicted molar refractivity (Wildman–Crippen MR) is 99.2 cm³/mol. The molecule has 0 bridgehead atoms. The number of carbonyl (C=O) groups excluding carboxylic acids is 1. The zero-order valence-electron chi connectivity index (χ0n) is 14.7. The van der Waals surface area contributed by atoms with E-state index in [-0.39, 0.29) is 18.5 Å². The van der Waals surface area contributed by atoms with Crippen LogP contribution in [0.5, 0.6) is 0 Å². The average Bonchev–Trinajstić information content (AvgIpc) is 3.01. The monoisotopic (exact) mass is 411 g/mol. The number of carbonyl (C=O) groups is 1. The second kappa shape index (κ2) is 8.05. The van der Waals surface area contributed by atoms with Gasteiger partial charge in [0.05, 0.1) is 24.0 Å². The molecule has 1 amide bonds. The summed E-state index contributed by atoms with van der Waals surface area (Å²) < 4.78 is 40.1. The molecule has 0 aliphatic heterocycles. The Morgan fingerprint density at radius 1 is 1.29 bits per heavy atom. The first kappa shape index (κ1) is 19.9. The molecule has 0 aliphatic rings. The van der Waals surface area contributed by atoms with Gasteiger partial charge in [-0.05, 0) is 12.1 Å². The van der Waals surface area contributed by atoms with Crippen LogP contribution in [-0.4, -0.2) is 37.2 Å². The van der Waals surface area contributed by atoms with Crippen molar-refractivity contribution in [3.05, 3.63) is 47.1 Å². The number of rotatable bonds is 6. The first-order valence-corrected chi connectivity index (χ1v) is 9.19. The van der Waals surface area contributed by atoms with Crippen molar-refractivity contribution in [3.8, 4) is 0 Å². The Hall–Kier alpha value is -2.82. The zero-order chi connectivity index (χ0) is 20.3. The summed E-state index contributed by atoms with van der Waals surface area (Å²) in [5.74, 6) is -1.47. The lowest BCUT2D eigenvalue weighted by Gasteiger charge is -2.12. The highest BCUT2D eigenvalue weighted by Gasteiger charge is 2.27. The summed E-state index contributed by atoms with van der Waals surface area (Å²) in [7, 11) is 1.67. The molecular formula is C17H16F3N5O2S. The molecule has 1 N–H and O–H groups in total. The van der Waals surface area contributed by atoms with E-state index in [0.717, 1.165) is 0 Å². The summed E-state index contributed by atoms with van der Waals surface area (Å²) in [5.41, 5.74) is 0.434. The molecule has 1 aromatic carbocycles. The van der Waals surface area contributed by atoms with E-state index in [9.17, 15) is 22.8 Å². The van der Waals surface area contributed by atoms with Crippen molar-refractivity contribution in [2.75, 3.05) is 11.1 Å². The summed E-state index contributed by atoms with van der Waals surface area (Å²) in [6, 6.07) is 6.27. The van der Waals surface area contributed by atoms with Gasteiger partial charge < -0.3 is 5.32 Å². The average molecular weight is 411 g/mol. The third-order valence-electron chi connectivity index (χ3n) is 3.85. The largest absolute Gasteiger partial charge is 0.398 e. The Kier molecular flexibility index (Phi) is 5.73. The van der Waals surface area contributed by atoms with Crippen LogP contribution in [0.1, 0.15) is 6.42 Å². The van der Waals surface area contributed by atoms with Gasteiger partial charge in [0.15, 0.2) is 5.65 Å². The number of thioether (sulfide) groups is 1. The number of aryl methyl sites for hydroxylation is 2. The SMILES string of the molecule is Cn1ncc2c(=O)n(CCC(=O)Nc3ccccc3SCC(F)(F)F)cnc21. The van der Waals surface area contributed by atoms with Gasteiger partial charge >= 0.3 is 6.18 Å². The molecule has 2 heterocycles. The van der Waals surface area contributed by atoms with Gasteiger partial charge in [0.25, 0.3) is 5.56 Å². The predicted octanol–water partition coefficient (Wildman–Crippen LogP) is 2.81. The summed E-state index contributed by atoms with van der Waals surface area (Å²) in [5, 5.41) is 6.92. The van der Waals surface area contributed by atoms with E-state index >= 15 is 0 Å². The van der Waals surface area contributed by atoms with Crippen molar-refractivity contribution in [1.82, 2.24) is 19.3 Å². The fourth-order valence-corrected chi connectivity index (χ4v) is 3.28. The normalized spacial score (nSPS) is 11.7. The molecule has 148 valence electrons. The van der Waals surface area contributed by atoms with Crippen molar-refractivity contribution >= 4 is 34.4 Å². The van der Waals surface area contributed by atoms with Crippen molar-refractivity contribution in [1.29, 1.82) is 0 Å². The molecule has 0 fully saturated rings. The van der Waals surface area contributed by atoms with Crippen molar-refractivity contribution in [3.63, 3.8) is 0 Å². The van der Waals surface area contributed by atoms with Crippen LogP contribution in [0.4, 0.5) is 18.9 Å². The minimum absolute atomic E-state index is 0.0361. The molecule has 0 spiro atoms. The van der Waals surface area contributed by atoms with Crippen molar-refractivity contribution in [2.45, 2.75) is 24.0 Å². The number of fused-ring (bicyclic) bond motifs is 1. The molecule has 3 aromatic rings. The molecule has 0 aliphatic carbocycles. The Labute approximate surface area is 161 Å². The van der Waals surface area contributed by atoms with Crippen LogP contribution in [0.25, 0.3) is 11.0 Å². The van der Waals surface area contributed by atoms with Crippen LogP contribution in [0, 0.1) is 0 Å². The smallest absolute Gasteiger partial charge is 0.325 e. The fraction of sp³-hybridized carbons (Fsp3) is 0.294. The Morgan fingerprint density at radius 2 is 2.04 bits per heavy atom. The molecule has 2 aromatic heterocycles. The molecule has 0 unspecified atom stereocenters. The van der Waals surface area contributed by atoms with Gasteiger partial charge in [0.1, 0.15) is 5.39 Å². The highest BCUT2D eigenvalue weighted by atomic mass is 32.2. The van der Waals surface area contributed by atoms with Gasteiger partial charge in [-0.25, -0.2) is 4.98 Å². The minimum atomic E-state index is -4.30. The number of aromatic nitrogens is 4. The van der Waals surface area contributed by atoms with Crippen LogP contribution in [0.3, 0.4) is 0 Å². The number of para-hydroxylation sites is 1. The van der Waals surface area contributed by atoms with E-state index < -0.39 is 17.8 Å². The summed E-state index contributed by atoms with van der Waals surface area (Å²) in [6.45, 7) is 0.0837. The zero-order valence-corrected chi connectivity index (χ0v) is 15.5. The first-order valence-electron chi connectivity index (χ1n) is 8.20. The molecule has 0 saturated carbocycles. The summed E-state index contributed by atoms with van der Waals surface area (Å²) in [4.78, 5) is 29.1. The van der Waals surface area contributed by atoms with Gasteiger partial charge in [-0.3, -0.25) is 18.8 Å². The molecule has 7 nitrogen and oxygen atoms in total. The van der Waals surface area contributed by atoms with E-state index in [4.69, 9.17) is 0 Å². The Morgan fingerprint density at radius 3 is 2.79 bits per heavy atom. The molecule has 3 rings (SSSR count). The molecule has 11 heteroatoms.